The van der Waals surface area contributed by atoms with Gasteiger partial charge in [-0.25, -0.2) is 0 Å². The highest BCUT2D eigenvalue weighted by Gasteiger charge is 2.37. The van der Waals surface area contributed by atoms with Crippen molar-refractivity contribution in [2.45, 2.75) is 64.7 Å². The van der Waals surface area contributed by atoms with Crippen molar-refractivity contribution in [3.05, 3.63) is 68.6 Å². The Labute approximate surface area is 237 Å². The third-order valence-electron chi connectivity index (χ3n) is 6.06. The predicted octanol–water partition coefficient (Wildman–Crippen LogP) is 4.52. The highest BCUT2D eigenvalue weighted by Crippen LogP contribution is 2.22. The van der Waals surface area contributed by atoms with Crippen LogP contribution in [0.5, 0.6) is 0 Å². The van der Waals surface area contributed by atoms with Crippen LogP contribution < -0.4 is 16.0 Å². The van der Waals surface area contributed by atoms with Gasteiger partial charge in [-0.15, -0.1) is 0 Å². The molecule has 10 heteroatoms. The molecule has 0 spiro atoms. The number of halogens is 2. The molecular weight excluding hydrogens is 601 g/mol. The van der Waals surface area contributed by atoms with Crippen LogP contribution in [-0.4, -0.2) is 56.2 Å². The summed E-state index contributed by atoms with van der Waals surface area (Å²) >= 11 is 6.87. The Morgan fingerprint density at radius 3 is 2.30 bits per heavy atom. The molecule has 2 aromatic carbocycles. The van der Waals surface area contributed by atoms with E-state index in [-0.39, 0.29) is 30.0 Å². The van der Waals surface area contributed by atoms with E-state index < -0.39 is 13.2 Å². The van der Waals surface area contributed by atoms with E-state index in [2.05, 4.69) is 61.7 Å². The second-order valence-electron chi connectivity index (χ2n) is 10.0. The molecule has 200 valence electrons. The van der Waals surface area contributed by atoms with Gasteiger partial charge in [-0.2, -0.15) is 0 Å². The molecule has 1 aliphatic rings. The maximum Gasteiger partial charge on any atom is 0.481 e. The van der Waals surface area contributed by atoms with Crippen LogP contribution in [0, 0.1) is 5.92 Å². The van der Waals surface area contributed by atoms with Crippen molar-refractivity contribution in [3.63, 3.8) is 0 Å². The molecule has 37 heavy (non-hydrogen) atoms. The second kappa shape index (κ2) is 14.4. The first-order valence-electron chi connectivity index (χ1n) is 12.7. The minimum atomic E-state index is -0.791. The molecule has 7 nitrogen and oxygen atoms in total. The molecular formula is C27H36BBr2N3O4. The van der Waals surface area contributed by atoms with Crippen molar-refractivity contribution >= 4 is 50.8 Å². The topological polar surface area (TPSA) is 88.7 Å². The molecule has 2 unspecified atom stereocenters. The van der Waals surface area contributed by atoms with Crippen molar-refractivity contribution in [2.24, 2.45) is 5.92 Å². The zero-order chi connectivity index (χ0) is 26.9. The Balaban J connectivity index is 1.84. The van der Waals surface area contributed by atoms with Gasteiger partial charge in [0.2, 0.25) is 5.91 Å². The summed E-state index contributed by atoms with van der Waals surface area (Å²) in [5.41, 5.74) is 1.39. The quantitative estimate of drug-likeness (QED) is 0.352. The van der Waals surface area contributed by atoms with Crippen LogP contribution in [0.4, 0.5) is 0 Å². The highest BCUT2D eigenvalue weighted by molar-refractivity contribution is 9.11. The van der Waals surface area contributed by atoms with Crippen LogP contribution in [0.25, 0.3) is 0 Å². The fourth-order valence-electron chi connectivity index (χ4n) is 4.26. The molecule has 0 radical (unpaired) electrons. The zero-order valence-electron chi connectivity index (χ0n) is 21.8. The number of carbonyl (C=O) groups is 2. The number of hydrogen-bond donors (Lipinski definition) is 3. The average molecular weight is 637 g/mol. The Morgan fingerprint density at radius 2 is 1.68 bits per heavy atom. The summed E-state index contributed by atoms with van der Waals surface area (Å²) in [6.45, 7) is 9.60. The fourth-order valence-corrected chi connectivity index (χ4v) is 5.05. The zero-order valence-corrected chi connectivity index (χ0v) is 25.0. The molecule has 3 rings (SSSR count). The molecule has 1 heterocycles. The van der Waals surface area contributed by atoms with Crippen molar-refractivity contribution in [1.29, 1.82) is 0 Å². The Morgan fingerprint density at radius 1 is 1.03 bits per heavy atom. The van der Waals surface area contributed by atoms with Gasteiger partial charge in [0.1, 0.15) is 6.04 Å². The number of amides is 2. The van der Waals surface area contributed by atoms with E-state index >= 15 is 0 Å². The van der Waals surface area contributed by atoms with Gasteiger partial charge in [-0.3, -0.25) is 9.59 Å². The normalized spacial score (nSPS) is 20.0. The van der Waals surface area contributed by atoms with Crippen LogP contribution in [-0.2, 0) is 20.5 Å². The van der Waals surface area contributed by atoms with Gasteiger partial charge in [-0.1, -0.05) is 60.1 Å². The molecule has 0 saturated carbocycles. The summed E-state index contributed by atoms with van der Waals surface area (Å²) in [6.07, 6.45) is 0.879. The molecule has 2 amide bonds. The SMILES string of the molecule is CC(C)C[C@H](NC(=O)[C@H](Cc1ccccc1)NC(=O)c1cc(Br)ccc1Br)B1OC(C)CNCC(C)O1. The van der Waals surface area contributed by atoms with Gasteiger partial charge in [-0.05, 0) is 65.9 Å². The molecule has 1 aliphatic heterocycles. The molecule has 1 saturated heterocycles. The first-order valence-corrected chi connectivity index (χ1v) is 14.3. The van der Waals surface area contributed by atoms with Gasteiger partial charge in [0, 0.05) is 28.5 Å². The Kier molecular flexibility index (Phi) is 11.6. The first-order chi connectivity index (χ1) is 17.6. The van der Waals surface area contributed by atoms with Gasteiger partial charge < -0.3 is 25.3 Å². The lowest BCUT2D eigenvalue weighted by atomic mass is 9.72. The number of benzene rings is 2. The summed E-state index contributed by atoms with van der Waals surface area (Å²) < 4.78 is 13.8. The van der Waals surface area contributed by atoms with E-state index in [1.807, 2.05) is 50.2 Å². The lowest BCUT2D eigenvalue weighted by Gasteiger charge is -2.33. The predicted molar refractivity (Wildman–Crippen MR) is 154 cm³/mol. The minimum Gasteiger partial charge on any atom is -0.406 e. The average Bonchev–Trinajstić information content (AvgIpc) is 2.83. The van der Waals surface area contributed by atoms with Crippen LogP contribution in [0.2, 0.25) is 0 Å². The third-order valence-corrected chi connectivity index (χ3v) is 7.24. The highest BCUT2D eigenvalue weighted by atomic mass is 79.9. The molecule has 1 fully saturated rings. The van der Waals surface area contributed by atoms with Gasteiger partial charge in [0.05, 0.1) is 23.7 Å². The monoisotopic (exact) mass is 635 g/mol. The van der Waals surface area contributed by atoms with Gasteiger partial charge in [0.15, 0.2) is 0 Å². The third kappa shape index (κ3) is 9.51. The molecule has 2 aromatic rings. The Hall–Kier alpha value is -1.72. The van der Waals surface area contributed by atoms with E-state index in [0.29, 0.717) is 41.9 Å². The van der Waals surface area contributed by atoms with Crippen molar-refractivity contribution < 1.29 is 18.9 Å². The summed E-state index contributed by atoms with van der Waals surface area (Å²) in [7, 11) is -0.592. The maximum absolute atomic E-state index is 13.7. The van der Waals surface area contributed by atoms with E-state index in [0.717, 1.165) is 10.0 Å². The molecule has 0 bridgehead atoms. The van der Waals surface area contributed by atoms with Crippen LogP contribution in [0.15, 0.2) is 57.5 Å². The smallest absolute Gasteiger partial charge is 0.406 e. The fraction of sp³-hybridized carbons (Fsp3) is 0.481. The second-order valence-corrected chi connectivity index (χ2v) is 11.8. The lowest BCUT2D eigenvalue weighted by molar-refractivity contribution is -0.123. The molecule has 0 aliphatic carbocycles. The van der Waals surface area contributed by atoms with Crippen molar-refractivity contribution in [3.8, 4) is 0 Å². The Bertz CT molecular complexity index is 1030. The van der Waals surface area contributed by atoms with Gasteiger partial charge in [0.25, 0.3) is 5.91 Å². The number of nitrogens with one attached hydrogen (secondary N) is 3. The summed E-state index contributed by atoms with van der Waals surface area (Å²) in [4.78, 5) is 27.0. The number of carbonyl (C=O) groups excluding carboxylic acids is 2. The molecule has 0 aromatic heterocycles. The first kappa shape index (κ1) is 29.8. The summed E-state index contributed by atoms with van der Waals surface area (Å²) in [5.74, 6) is -0.687. The van der Waals surface area contributed by atoms with Crippen LogP contribution in [0.1, 0.15) is 50.0 Å². The summed E-state index contributed by atoms with van der Waals surface area (Å²) in [5, 5.41) is 9.45. The van der Waals surface area contributed by atoms with E-state index in [9.17, 15) is 9.59 Å². The van der Waals surface area contributed by atoms with Crippen LogP contribution >= 0.6 is 31.9 Å². The lowest BCUT2D eigenvalue weighted by Crippen LogP contribution is -2.58. The van der Waals surface area contributed by atoms with Crippen molar-refractivity contribution in [1.82, 2.24) is 16.0 Å². The largest absolute Gasteiger partial charge is 0.481 e. The summed E-state index contributed by atoms with van der Waals surface area (Å²) in [6, 6.07) is 14.2. The van der Waals surface area contributed by atoms with Crippen LogP contribution in [0.3, 0.4) is 0 Å². The molecule has 3 N–H and O–H groups in total. The number of hydrogen-bond acceptors (Lipinski definition) is 5. The van der Waals surface area contributed by atoms with E-state index in [1.54, 1.807) is 12.1 Å². The van der Waals surface area contributed by atoms with E-state index in [4.69, 9.17) is 9.31 Å². The van der Waals surface area contributed by atoms with E-state index in [1.165, 1.54) is 0 Å². The minimum absolute atomic E-state index is 0.0715. The van der Waals surface area contributed by atoms with Crippen molar-refractivity contribution in [2.75, 3.05) is 13.1 Å². The number of rotatable bonds is 9. The standard InChI is InChI=1S/C27H36BBr2N3O4/c1-17(2)12-25(28-36-18(3)15-31-16-19(4)37-28)33-27(35)24(13-20-8-6-5-7-9-20)32-26(34)22-14-21(29)10-11-23(22)30/h5-11,14,17-19,24-25,31H,12-13,15-16H2,1-4H3,(H,32,34)(H,33,35)/t18?,19?,24-,25-/m0/s1. The van der Waals surface area contributed by atoms with Gasteiger partial charge >= 0.3 is 7.12 Å². The maximum atomic E-state index is 13.7. The molecule has 4 atom stereocenters.